The average Bonchev–Trinajstić information content (AvgIpc) is 3.05. The molecule has 166 valence electrons. The van der Waals surface area contributed by atoms with Crippen molar-refractivity contribution >= 4 is 0 Å². The van der Waals surface area contributed by atoms with Gasteiger partial charge < -0.3 is 9.15 Å². The van der Waals surface area contributed by atoms with Gasteiger partial charge in [-0.3, -0.25) is 0 Å². The van der Waals surface area contributed by atoms with Crippen molar-refractivity contribution in [1.29, 1.82) is 0 Å². The third kappa shape index (κ3) is 2.39. The molecule has 6 rings (SSSR count). The number of hydrogen-bond donors (Lipinski definition) is 0. The van der Waals surface area contributed by atoms with Crippen LogP contribution in [0.5, 0.6) is 0 Å². The van der Waals surface area contributed by atoms with E-state index in [0.717, 1.165) is 47.8 Å². The fraction of sp³-hybridized carbons (Fsp3) is 0.889. The van der Waals surface area contributed by atoms with Crippen LogP contribution in [-0.4, -0.2) is 18.2 Å². The van der Waals surface area contributed by atoms with Crippen molar-refractivity contribution in [3.63, 3.8) is 0 Å². The summed E-state index contributed by atoms with van der Waals surface area (Å²) in [5, 5.41) is 0. The van der Waals surface area contributed by atoms with Gasteiger partial charge in [0.25, 0.3) is 0 Å². The first-order valence-corrected chi connectivity index (χ1v) is 12.8. The predicted octanol–water partition coefficient (Wildman–Crippen LogP) is 6.53. The van der Waals surface area contributed by atoms with Gasteiger partial charge in [-0.05, 0) is 104 Å². The third-order valence-corrected chi connectivity index (χ3v) is 11.9. The number of oxazole rings is 1. The van der Waals surface area contributed by atoms with E-state index in [1.54, 1.807) is 12.5 Å². The molecule has 1 aromatic rings. The Balaban J connectivity index is 1.23. The van der Waals surface area contributed by atoms with Crippen molar-refractivity contribution in [1.82, 2.24) is 4.98 Å². The van der Waals surface area contributed by atoms with Crippen molar-refractivity contribution in [2.45, 2.75) is 91.1 Å². The van der Waals surface area contributed by atoms with Gasteiger partial charge in [0.05, 0.1) is 12.3 Å². The lowest BCUT2D eigenvalue weighted by molar-refractivity contribution is -0.161. The molecule has 5 saturated carbocycles. The largest absolute Gasteiger partial charge is 0.449 e. The van der Waals surface area contributed by atoms with Crippen molar-refractivity contribution in [2.24, 2.45) is 51.8 Å². The van der Waals surface area contributed by atoms with Gasteiger partial charge >= 0.3 is 0 Å². The number of aromatic nitrogens is 1. The third-order valence-electron chi connectivity index (χ3n) is 11.9. The van der Waals surface area contributed by atoms with Crippen LogP contribution in [0.1, 0.15) is 84.4 Å². The van der Waals surface area contributed by atoms with E-state index in [2.05, 4.69) is 25.8 Å². The minimum Gasteiger partial charge on any atom is -0.449 e. The lowest BCUT2D eigenvalue weighted by Crippen LogP contribution is -2.57. The van der Waals surface area contributed by atoms with E-state index in [0.29, 0.717) is 22.3 Å². The summed E-state index contributed by atoms with van der Waals surface area (Å²) < 4.78 is 11.8. The van der Waals surface area contributed by atoms with E-state index in [1.807, 2.05) is 7.11 Å². The highest BCUT2D eigenvalue weighted by Gasteiger charge is 2.77. The van der Waals surface area contributed by atoms with E-state index in [1.165, 1.54) is 57.8 Å². The molecule has 0 bridgehead atoms. The molecule has 0 aromatic carbocycles. The predicted molar refractivity (Wildman–Crippen MR) is 118 cm³/mol. The molecule has 1 spiro atoms. The summed E-state index contributed by atoms with van der Waals surface area (Å²) >= 11 is 0. The molecule has 5 aliphatic rings. The Hall–Kier alpha value is -0.830. The summed E-state index contributed by atoms with van der Waals surface area (Å²) in [6, 6.07) is 0. The Morgan fingerprint density at radius 2 is 2.03 bits per heavy atom. The Kier molecular flexibility index (Phi) is 4.36. The zero-order valence-electron chi connectivity index (χ0n) is 19.5. The van der Waals surface area contributed by atoms with Crippen LogP contribution in [0, 0.1) is 51.8 Å². The van der Waals surface area contributed by atoms with Crippen molar-refractivity contribution < 1.29 is 9.15 Å². The normalized spacial score (nSPS) is 52.3. The molecular formula is C27H41NO2. The Labute approximate surface area is 182 Å². The van der Waals surface area contributed by atoms with Gasteiger partial charge in [-0.1, -0.05) is 20.8 Å². The minimum atomic E-state index is 0.526. The van der Waals surface area contributed by atoms with Crippen LogP contribution in [0.4, 0.5) is 0 Å². The van der Waals surface area contributed by atoms with Gasteiger partial charge in [0.2, 0.25) is 0 Å². The zero-order chi connectivity index (χ0) is 20.7. The SMILES string of the molecule is COC1C[C@H]2[C@@H]3CC[C@H]([C@H](C)CCc4ncco4)[C@@]3(C)CC[C@@H]2[C@@]2(C)CC[C@@H]3CC132. The maximum Gasteiger partial charge on any atom is 0.193 e. The zero-order valence-corrected chi connectivity index (χ0v) is 19.5. The molecule has 5 fully saturated rings. The Bertz CT molecular complexity index is 791. The lowest BCUT2D eigenvalue weighted by Gasteiger charge is -2.61. The molecule has 3 heteroatoms. The summed E-state index contributed by atoms with van der Waals surface area (Å²) in [6.45, 7) is 7.88. The Morgan fingerprint density at radius 1 is 1.17 bits per heavy atom. The number of rotatable bonds is 5. The molecule has 0 N–H and O–H groups in total. The van der Waals surface area contributed by atoms with E-state index < -0.39 is 0 Å². The first-order valence-electron chi connectivity index (χ1n) is 12.8. The highest BCUT2D eigenvalue weighted by atomic mass is 16.5. The second-order valence-electron chi connectivity index (χ2n) is 12.4. The molecule has 1 aromatic heterocycles. The molecular weight excluding hydrogens is 370 g/mol. The second kappa shape index (κ2) is 6.59. The Morgan fingerprint density at radius 3 is 2.77 bits per heavy atom. The van der Waals surface area contributed by atoms with E-state index in [-0.39, 0.29) is 0 Å². The van der Waals surface area contributed by atoms with E-state index >= 15 is 0 Å². The summed E-state index contributed by atoms with van der Waals surface area (Å²) in [7, 11) is 2.01. The van der Waals surface area contributed by atoms with Crippen LogP contribution in [0.15, 0.2) is 16.9 Å². The molecule has 3 nitrogen and oxygen atoms in total. The lowest BCUT2D eigenvalue weighted by atomic mass is 9.45. The fourth-order valence-corrected chi connectivity index (χ4v) is 10.5. The number of nitrogens with zero attached hydrogens (tertiary/aromatic N) is 1. The van der Waals surface area contributed by atoms with Crippen LogP contribution >= 0.6 is 0 Å². The molecule has 0 aliphatic heterocycles. The molecule has 0 radical (unpaired) electrons. The number of hydrogen-bond acceptors (Lipinski definition) is 3. The highest BCUT2D eigenvalue weighted by Crippen LogP contribution is 2.82. The van der Waals surface area contributed by atoms with Gasteiger partial charge in [-0.25, -0.2) is 4.98 Å². The quantitative estimate of drug-likeness (QED) is 0.553. The summed E-state index contributed by atoms with van der Waals surface area (Å²) in [5.41, 5.74) is 1.63. The topological polar surface area (TPSA) is 35.3 Å². The maximum atomic E-state index is 6.28. The molecule has 30 heavy (non-hydrogen) atoms. The van der Waals surface area contributed by atoms with Crippen LogP contribution in [0.25, 0.3) is 0 Å². The average molecular weight is 412 g/mol. The van der Waals surface area contributed by atoms with Gasteiger partial charge in [0, 0.05) is 18.9 Å². The monoisotopic (exact) mass is 411 g/mol. The molecule has 0 amide bonds. The maximum absolute atomic E-state index is 6.28. The number of ether oxygens (including phenoxy) is 1. The smallest absolute Gasteiger partial charge is 0.193 e. The summed E-state index contributed by atoms with van der Waals surface area (Å²) in [5.74, 6) is 6.28. The van der Waals surface area contributed by atoms with Gasteiger partial charge in [0.1, 0.15) is 6.26 Å². The van der Waals surface area contributed by atoms with Crippen molar-refractivity contribution in [3.05, 3.63) is 18.4 Å². The van der Waals surface area contributed by atoms with Crippen LogP contribution in [0.3, 0.4) is 0 Å². The van der Waals surface area contributed by atoms with Crippen LogP contribution in [0.2, 0.25) is 0 Å². The van der Waals surface area contributed by atoms with E-state index in [4.69, 9.17) is 9.15 Å². The summed E-state index contributed by atoms with van der Waals surface area (Å²) in [4.78, 5) is 4.35. The van der Waals surface area contributed by atoms with Gasteiger partial charge in [-0.2, -0.15) is 0 Å². The van der Waals surface area contributed by atoms with Gasteiger partial charge in [0.15, 0.2) is 5.89 Å². The fourth-order valence-electron chi connectivity index (χ4n) is 10.5. The first-order chi connectivity index (χ1) is 14.4. The number of methoxy groups -OCH3 is 1. The number of fused-ring (bicyclic) bond motifs is 4. The first kappa shape index (κ1) is 19.8. The minimum absolute atomic E-state index is 0.526. The molecule has 2 unspecified atom stereocenters. The molecule has 1 heterocycles. The van der Waals surface area contributed by atoms with Crippen LogP contribution in [-0.2, 0) is 11.2 Å². The molecule has 0 saturated heterocycles. The van der Waals surface area contributed by atoms with Crippen molar-refractivity contribution in [2.75, 3.05) is 7.11 Å². The van der Waals surface area contributed by atoms with E-state index in [9.17, 15) is 0 Å². The second-order valence-corrected chi connectivity index (χ2v) is 12.4. The number of aryl methyl sites for hydroxylation is 1. The van der Waals surface area contributed by atoms with Crippen LogP contribution < -0.4 is 0 Å². The van der Waals surface area contributed by atoms with Crippen molar-refractivity contribution in [3.8, 4) is 0 Å². The highest BCUT2D eigenvalue weighted by molar-refractivity contribution is 5.26. The summed E-state index contributed by atoms with van der Waals surface area (Å²) in [6.07, 6.45) is 17.8. The standard InChI is InChI=1S/C27H41NO2/c1-17(5-8-24-28-13-14-30-24)20-6-7-21-19-15-23(29-4)27-16-18(27)9-12-26(27,3)22(19)10-11-25(20,21)2/h13-14,17-23H,5-12,15-16H2,1-4H3/t17-,18-,19+,20-,21+,22+,23?,25-,26-,27?/m1/s1. The molecule has 10 atom stereocenters. The molecule has 5 aliphatic carbocycles. The van der Waals surface area contributed by atoms with Gasteiger partial charge in [-0.15, -0.1) is 0 Å².